The van der Waals surface area contributed by atoms with Crippen molar-refractivity contribution >= 4 is 21.2 Å². The first-order valence-corrected chi connectivity index (χ1v) is 8.56. The number of aliphatic hydroxyl groups is 1. The zero-order valence-corrected chi connectivity index (χ0v) is 12.5. The molecule has 7 nitrogen and oxygen atoms in total. The number of hydrogen-bond acceptors (Lipinski definition) is 6. The van der Waals surface area contributed by atoms with E-state index in [1.807, 2.05) is 0 Å². The highest BCUT2D eigenvalue weighted by atomic mass is 32.2. The van der Waals surface area contributed by atoms with Gasteiger partial charge in [-0.05, 0) is 25.0 Å². The lowest BCUT2D eigenvalue weighted by Gasteiger charge is -2.23. The smallest absolute Gasteiger partial charge is 0.310 e. The lowest BCUT2D eigenvalue weighted by Crippen LogP contribution is -2.33. The number of rotatable bonds is 5. The van der Waals surface area contributed by atoms with Crippen LogP contribution in [0.15, 0.2) is 23.1 Å². The average molecular weight is 314 g/mol. The predicted octanol–water partition coefficient (Wildman–Crippen LogP) is 1.72. The first kappa shape index (κ1) is 15.7. The van der Waals surface area contributed by atoms with Crippen LogP contribution in [0.5, 0.6) is 0 Å². The highest BCUT2D eigenvalue weighted by molar-refractivity contribution is 7.90. The summed E-state index contributed by atoms with van der Waals surface area (Å²) in [4.78, 5) is 10.2. The average Bonchev–Trinajstić information content (AvgIpc) is 2.82. The Kier molecular flexibility index (Phi) is 4.20. The first-order valence-electron chi connectivity index (χ1n) is 6.67. The van der Waals surface area contributed by atoms with E-state index in [2.05, 4.69) is 5.32 Å². The molecule has 0 aromatic heterocycles. The Hall–Kier alpha value is -1.67. The van der Waals surface area contributed by atoms with Crippen molar-refractivity contribution < 1.29 is 18.4 Å². The van der Waals surface area contributed by atoms with Gasteiger partial charge in [0.1, 0.15) is 10.6 Å². The summed E-state index contributed by atoms with van der Waals surface area (Å²) in [7, 11) is -3.70. The number of benzene rings is 1. The third-order valence-corrected chi connectivity index (χ3v) is 4.85. The van der Waals surface area contributed by atoms with Gasteiger partial charge in [-0.1, -0.05) is 18.9 Å². The van der Waals surface area contributed by atoms with Crippen LogP contribution in [0.3, 0.4) is 0 Å². The Bertz CT molecular complexity index is 651. The summed E-state index contributed by atoms with van der Waals surface area (Å²) >= 11 is 0. The van der Waals surface area contributed by atoms with Crippen molar-refractivity contribution in [1.82, 2.24) is 0 Å². The van der Waals surface area contributed by atoms with Crippen molar-refractivity contribution in [2.45, 2.75) is 36.2 Å². The fourth-order valence-corrected chi connectivity index (χ4v) is 3.48. The van der Waals surface area contributed by atoms with Gasteiger partial charge in [0.15, 0.2) is 9.84 Å². The van der Waals surface area contributed by atoms with Crippen molar-refractivity contribution in [3.05, 3.63) is 28.3 Å². The molecule has 1 aromatic carbocycles. The number of sulfone groups is 1. The summed E-state index contributed by atoms with van der Waals surface area (Å²) in [6.45, 7) is 0.168. The van der Waals surface area contributed by atoms with Crippen molar-refractivity contribution in [2.75, 3.05) is 18.1 Å². The van der Waals surface area contributed by atoms with E-state index >= 15 is 0 Å². The van der Waals surface area contributed by atoms with Crippen molar-refractivity contribution in [3.8, 4) is 0 Å². The second kappa shape index (κ2) is 5.61. The molecule has 116 valence electrons. The second-order valence-electron chi connectivity index (χ2n) is 5.47. The fraction of sp³-hybridized carbons (Fsp3) is 0.538. The molecule has 21 heavy (non-hydrogen) atoms. The monoisotopic (exact) mass is 314 g/mol. The third-order valence-electron chi connectivity index (χ3n) is 3.72. The highest BCUT2D eigenvalue weighted by Crippen LogP contribution is 2.34. The normalized spacial score (nSPS) is 17.6. The lowest BCUT2D eigenvalue weighted by atomic mass is 10.0. The van der Waals surface area contributed by atoms with Crippen LogP contribution < -0.4 is 5.32 Å². The molecule has 8 heteroatoms. The third kappa shape index (κ3) is 3.51. The van der Waals surface area contributed by atoms with Gasteiger partial charge < -0.3 is 10.4 Å². The molecule has 0 atom stereocenters. The SMILES string of the molecule is CS(=O)(=O)c1cccc(NCC2(O)CCCC2)c1[N+](=O)[O-]. The molecule has 2 N–H and O–H groups in total. The molecule has 0 saturated heterocycles. The Morgan fingerprint density at radius 3 is 2.52 bits per heavy atom. The summed E-state index contributed by atoms with van der Waals surface area (Å²) in [5, 5.41) is 24.3. The Labute approximate surface area is 123 Å². The maximum absolute atomic E-state index is 11.7. The van der Waals surface area contributed by atoms with Crippen LogP contribution in [-0.2, 0) is 9.84 Å². The molecule has 0 spiro atoms. The highest BCUT2D eigenvalue weighted by Gasteiger charge is 2.32. The zero-order chi connectivity index (χ0) is 15.7. The molecule has 1 fully saturated rings. The van der Waals surface area contributed by atoms with Gasteiger partial charge in [0.05, 0.1) is 10.5 Å². The molecular formula is C13H18N2O5S. The van der Waals surface area contributed by atoms with Crippen LogP contribution in [0.25, 0.3) is 0 Å². The molecule has 0 amide bonds. The number of nitrogens with zero attached hydrogens (tertiary/aromatic N) is 1. The van der Waals surface area contributed by atoms with Crippen LogP contribution in [0.4, 0.5) is 11.4 Å². The van der Waals surface area contributed by atoms with Gasteiger partial charge in [0.25, 0.3) is 0 Å². The van der Waals surface area contributed by atoms with Crippen molar-refractivity contribution in [3.63, 3.8) is 0 Å². The minimum Gasteiger partial charge on any atom is -0.388 e. The molecule has 2 rings (SSSR count). The molecule has 1 saturated carbocycles. The summed E-state index contributed by atoms with van der Waals surface area (Å²) in [6.07, 6.45) is 4.05. The topological polar surface area (TPSA) is 110 Å². The Balaban J connectivity index is 2.33. The van der Waals surface area contributed by atoms with Gasteiger partial charge in [-0.25, -0.2) is 8.42 Å². The van der Waals surface area contributed by atoms with E-state index in [1.54, 1.807) is 0 Å². The van der Waals surface area contributed by atoms with E-state index in [0.717, 1.165) is 19.1 Å². The molecule has 0 aliphatic heterocycles. The molecule has 1 aliphatic rings. The maximum Gasteiger partial charge on any atom is 0.310 e. The van der Waals surface area contributed by atoms with Crippen LogP contribution >= 0.6 is 0 Å². The van der Waals surface area contributed by atoms with Crippen LogP contribution in [0.2, 0.25) is 0 Å². The van der Waals surface area contributed by atoms with E-state index in [4.69, 9.17) is 0 Å². The molecule has 1 aliphatic carbocycles. The van der Waals surface area contributed by atoms with Gasteiger partial charge in [0, 0.05) is 12.8 Å². The zero-order valence-electron chi connectivity index (χ0n) is 11.7. The van der Waals surface area contributed by atoms with Gasteiger partial charge in [0.2, 0.25) is 0 Å². The van der Waals surface area contributed by atoms with E-state index in [1.165, 1.54) is 18.2 Å². The number of hydrogen-bond donors (Lipinski definition) is 2. The summed E-state index contributed by atoms with van der Waals surface area (Å²) in [5.41, 5.74) is -1.24. The molecule has 0 unspecified atom stereocenters. The number of para-hydroxylation sites is 1. The van der Waals surface area contributed by atoms with E-state index in [0.29, 0.717) is 12.8 Å². The van der Waals surface area contributed by atoms with Crippen LogP contribution in [0.1, 0.15) is 25.7 Å². The predicted molar refractivity (Wildman–Crippen MR) is 78.1 cm³/mol. The minimum atomic E-state index is -3.70. The molecule has 0 radical (unpaired) electrons. The molecule has 0 bridgehead atoms. The largest absolute Gasteiger partial charge is 0.388 e. The van der Waals surface area contributed by atoms with Gasteiger partial charge in [-0.15, -0.1) is 0 Å². The van der Waals surface area contributed by atoms with Gasteiger partial charge >= 0.3 is 5.69 Å². The van der Waals surface area contributed by atoms with E-state index in [-0.39, 0.29) is 17.1 Å². The first-order chi connectivity index (χ1) is 9.73. The quantitative estimate of drug-likeness (QED) is 0.632. The lowest BCUT2D eigenvalue weighted by molar-refractivity contribution is -0.386. The van der Waals surface area contributed by atoms with Gasteiger partial charge in [-0.3, -0.25) is 10.1 Å². The van der Waals surface area contributed by atoms with Crippen molar-refractivity contribution in [2.24, 2.45) is 0 Å². The summed E-state index contributed by atoms with van der Waals surface area (Å²) in [6, 6.07) is 4.11. The Morgan fingerprint density at radius 1 is 1.38 bits per heavy atom. The number of nitro groups is 1. The Morgan fingerprint density at radius 2 is 2.00 bits per heavy atom. The standard InChI is InChI=1S/C13H18N2O5S/c1-21(19,20)11-6-4-5-10(12(11)15(17)18)14-9-13(16)7-2-3-8-13/h4-6,14,16H,2-3,7-9H2,1H3. The van der Waals surface area contributed by atoms with Crippen LogP contribution in [0, 0.1) is 10.1 Å². The van der Waals surface area contributed by atoms with Gasteiger partial charge in [-0.2, -0.15) is 0 Å². The van der Waals surface area contributed by atoms with E-state index < -0.39 is 26.0 Å². The molecular weight excluding hydrogens is 296 g/mol. The molecule has 0 heterocycles. The summed E-state index contributed by atoms with van der Waals surface area (Å²) in [5.74, 6) is 0. The summed E-state index contributed by atoms with van der Waals surface area (Å²) < 4.78 is 23.3. The number of nitrogens with one attached hydrogen (secondary N) is 1. The maximum atomic E-state index is 11.7. The number of nitro benzene ring substituents is 1. The number of anilines is 1. The second-order valence-corrected chi connectivity index (χ2v) is 7.45. The van der Waals surface area contributed by atoms with Crippen molar-refractivity contribution in [1.29, 1.82) is 0 Å². The fourth-order valence-electron chi connectivity index (χ4n) is 2.62. The molecule has 1 aromatic rings. The van der Waals surface area contributed by atoms with Crippen LogP contribution in [-0.4, -0.2) is 36.8 Å². The minimum absolute atomic E-state index is 0.114. The van der Waals surface area contributed by atoms with E-state index in [9.17, 15) is 23.6 Å².